The van der Waals surface area contributed by atoms with E-state index in [-0.39, 0.29) is 36.8 Å². The molecule has 5 amide bonds. The number of amides is 5. The molecule has 1 aliphatic rings. The molecule has 0 radical (unpaired) electrons. The van der Waals surface area contributed by atoms with Crippen molar-refractivity contribution in [2.75, 3.05) is 11.4 Å². The van der Waals surface area contributed by atoms with Gasteiger partial charge in [-0.05, 0) is 43.3 Å². The molecule has 0 spiro atoms. The molecule has 1 saturated heterocycles. The first-order chi connectivity index (χ1) is 14.3. The Kier molecular flexibility index (Phi) is 6.21. The van der Waals surface area contributed by atoms with Crippen LogP contribution in [0.3, 0.4) is 0 Å². The smallest absolute Gasteiger partial charge is 0.269 e. The fraction of sp³-hybridized carbons (Fsp3) is 0.190. The molecule has 9 nitrogen and oxygen atoms in total. The van der Waals surface area contributed by atoms with Crippen molar-refractivity contribution in [3.05, 3.63) is 65.2 Å². The van der Waals surface area contributed by atoms with Gasteiger partial charge in [0.15, 0.2) is 0 Å². The van der Waals surface area contributed by atoms with Crippen molar-refractivity contribution in [3.63, 3.8) is 0 Å². The van der Waals surface area contributed by atoms with E-state index in [2.05, 4.69) is 16.2 Å². The van der Waals surface area contributed by atoms with E-state index in [4.69, 9.17) is 0 Å². The summed E-state index contributed by atoms with van der Waals surface area (Å²) < 4.78 is 0. The lowest BCUT2D eigenvalue weighted by atomic mass is 10.1. The van der Waals surface area contributed by atoms with Crippen molar-refractivity contribution >= 4 is 35.2 Å². The summed E-state index contributed by atoms with van der Waals surface area (Å²) in [5, 5.41) is 2.43. The fourth-order valence-electron chi connectivity index (χ4n) is 2.84. The predicted octanol–water partition coefficient (Wildman–Crippen LogP) is 0.839. The molecular weight excluding hydrogens is 388 g/mol. The van der Waals surface area contributed by atoms with E-state index in [1.807, 2.05) is 6.92 Å². The van der Waals surface area contributed by atoms with Crippen LogP contribution in [0.1, 0.15) is 39.1 Å². The number of rotatable bonds is 5. The van der Waals surface area contributed by atoms with Crippen LogP contribution in [0.5, 0.6) is 0 Å². The number of carbonyl (C=O) groups excluding carboxylic acids is 5. The van der Waals surface area contributed by atoms with Gasteiger partial charge < -0.3 is 5.32 Å². The average Bonchev–Trinajstić information content (AvgIpc) is 3.08. The quantitative estimate of drug-likeness (QED) is 0.500. The van der Waals surface area contributed by atoms with Crippen LogP contribution in [0.2, 0.25) is 0 Å². The number of benzene rings is 2. The Labute approximate surface area is 172 Å². The highest BCUT2D eigenvalue weighted by Crippen LogP contribution is 2.22. The van der Waals surface area contributed by atoms with E-state index in [0.717, 1.165) is 10.5 Å². The first-order valence-electron chi connectivity index (χ1n) is 9.25. The Morgan fingerprint density at radius 3 is 1.93 bits per heavy atom. The van der Waals surface area contributed by atoms with Crippen molar-refractivity contribution in [1.82, 2.24) is 16.2 Å². The molecule has 1 aliphatic heterocycles. The molecule has 1 heterocycles. The predicted molar refractivity (Wildman–Crippen MR) is 107 cm³/mol. The molecule has 30 heavy (non-hydrogen) atoms. The third-order valence-corrected chi connectivity index (χ3v) is 4.48. The Morgan fingerprint density at radius 2 is 1.33 bits per heavy atom. The van der Waals surface area contributed by atoms with Crippen LogP contribution < -0.4 is 21.1 Å². The van der Waals surface area contributed by atoms with Gasteiger partial charge >= 0.3 is 0 Å². The maximum Gasteiger partial charge on any atom is 0.269 e. The molecule has 0 aliphatic carbocycles. The molecule has 0 unspecified atom stereocenters. The summed E-state index contributed by atoms with van der Waals surface area (Å²) in [6.07, 6.45) is 0.354. The Bertz CT molecular complexity index is 983. The number of hydrogen-bond donors (Lipinski definition) is 3. The Hall–Kier alpha value is -4.01. The summed E-state index contributed by atoms with van der Waals surface area (Å²) in [6.45, 7) is 1.54. The number of hydrazine groups is 1. The highest BCUT2D eigenvalue weighted by atomic mass is 16.2. The highest BCUT2D eigenvalue weighted by molar-refractivity contribution is 6.19. The molecule has 154 valence electrons. The van der Waals surface area contributed by atoms with Crippen molar-refractivity contribution in [2.45, 2.75) is 19.8 Å². The third kappa shape index (κ3) is 4.88. The van der Waals surface area contributed by atoms with Gasteiger partial charge in [0.1, 0.15) is 0 Å². The lowest BCUT2D eigenvalue weighted by Gasteiger charge is -2.14. The standard InChI is InChI=1S/C21H20N4O5/c1-13-2-4-15(5-3-13)21(30)24-23-17(26)12-22-20(29)14-6-8-16(9-7-14)25-18(27)10-11-19(25)28/h2-9H,10-12H2,1H3,(H,22,29)(H,23,26)(H,24,30). The summed E-state index contributed by atoms with van der Waals surface area (Å²) in [6, 6.07) is 12.7. The fourth-order valence-corrected chi connectivity index (χ4v) is 2.84. The van der Waals surface area contributed by atoms with E-state index >= 15 is 0 Å². The summed E-state index contributed by atoms with van der Waals surface area (Å²) in [5.74, 6) is -2.14. The molecular formula is C21H20N4O5. The van der Waals surface area contributed by atoms with Gasteiger partial charge in [-0.1, -0.05) is 17.7 Å². The second-order valence-electron chi connectivity index (χ2n) is 6.72. The number of nitrogens with one attached hydrogen (secondary N) is 3. The van der Waals surface area contributed by atoms with Crippen LogP contribution in [0.15, 0.2) is 48.5 Å². The Morgan fingerprint density at radius 1 is 0.800 bits per heavy atom. The number of anilines is 1. The summed E-state index contributed by atoms with van der Waals surface area (Å²) in [7, 11) is 0. The van der Waals surface area contributed by atoms with Gasteiger partial charge in [0.25, 0.3) is 17.7 Å². The van der Waals surface area contributed by atoms with Gasteiger partial charge in [0.05, 0.1) is 12.2 Å². The Balaban J connectivity index is 1.47. The molecule has 0 aromatic heterocycles. The van der Waals surface area contributed by atoms with Gasteiger partial charge in [-0.2, -0.15) is 0 Å². The van der Waals surface area contributed by atoms with Crippen LogP contribution in [-0.2, 0) is 14.4 Å². The monoisotopic (exact) mass is 408 g/mol. The van der Waals surface area contributed by atoms with E-state index in [1.165, 1.54) is 24.3 Å². The minimum Gasteiger partial charge on any atom is -0.343 e. The largest absolute Gasteiger partial charge is 0.343 e. The van der Waals surface area contributed by atoms with Crippen molar-refractivity contribution in [1.29, 1.82) is 0 Å². The molecule has 1 fully saturated rings. The number of nitrogens with zero attached hydrogens (tertiary/aromatic N) is 1. The van der Waals surface area contributed by atoms with Crippen LogP contribution in [0.25, 0.3) is 0 Å². The van der Waals surface area contributed by atoms with Gasteiger partial charge in [0.2, 0.25) is 11.8 Å². The zero-order valence-electron chi connectivity index (χ0n) is 16.2. The van der Waals surface area contributed by atoms with Gasteiger partial charge in [0, 0.05) is 24.0 Å². The normalized spacial score (nSPS) is 13.2. The minimum atomic E-state index is -0.603. The lowest BCUT2D eigenvalue weighted by Crippen LogP contribution is -2.46. The van der Waals surface area contributed by atoms with Crippen LogP contribution >= 0.6 is 0 Å². The SMILES string of the molecule is Cc1ccc(C(=O)NNC(=O)CNC(=O)c2ccc(N3C(=O)CCC3=O)cc2)cc1. The first kappa shape index (κ1) is 20.7. The lowest BCUT2D eigenvalue weighted by molar-refractivity contribution is -0.122. The average molecular weight is 408 g/mol. The van der Waals surface area contributed by atoms with Crippen molar-refractivity contribution in [2.24, 2.45) is 0 Å². The van der Waals surface area contributed by atoms with E-state index in [1.54, 1.807) is 24.3 Å². The molecule has 3 rings (SSSR count). The van der Waals surface area contributed by atoms with Crippen molar-refractivity contribution in [3.8, 4) is 0 Å². The number of aryl methyl sites for hydroxylation is 1. The van der Waals surface area contributed by atoms with E-state index in [9.17, 15) is 24.0 Å². The van der Waals surface area contributed by atoms with E-state index < -0.39 is 17.7 Å². The maximum absolute atomic E-state index is 12.2. The molecule has 2 aromatic rings. The van der Waals surface area contributed by atoms with Gasteiger partial charge in [-0.3, -0.25) is 39.7 Å². The van der Waals surface area contributed by atoms with E-state index in [0.29, 0.717) is 11.3 Å². The number of carbonyl (C=O) groups is 5. The summed E-state index contributed by atoms with van der Waals surface area (Å²) in [5.41, 5.74) is 6.54. The second-order valence-corrected chi connectivity index (χ2v) is 6.72. The topological polar surface area (TPSA) is 125 Å². The number of hydrogen-bond acceptors (Lipinski definition) is 5. The van der Waals surface area contributed by atoms with Crippen LogP contribution in [0.4, 0.5) is 5.69 Å². The number of imide groups is 1. The summed E-state index contributed by atoms with van der Waals surface area (Å²) >= 11 is 0. The molecule has 0 saturated carbocycles. The summed E-state index contributed by atoms with van der Waals surface area (Å²) in [4.78, 5) is 60.5. The van der Waals surface area contributed by atoms with Crippen molar-refractivity contribution < 1.29 is 24.0 Å². The first-order valence-corrected chi connectivity index (χ1v) is 9.25. The highest BCUT2D eigenvalue weighted by Gasteiger charge is 2.30. The molecule has 2 aromatic carbocycles. The maximum atomic E-state index is 12.2. The van der Waals surface area contributed by atoms with Crippen LogP contribution in [-0.4, -0.2) is 36.1 Å². The van der Waals surface area contributed by atoms with Gasteiger partial charge in [-0.25, -0.2) is 0 Å². The third-order valence-electron chi connectivity index (χ3n) is 4.48. The second kappa shape index (κ2) is 8.99. The zero-order chi connectivity index (χ0) is 21.7. The minimum absolute atomic E-state index is 0.177. The molecule has 0 bridgehead atoms. The van der Waals surface area contributed by atoms with Crippen LogP contribution in [0, 0.1) is 6.92 Å². The molecule has 3 N–H and O–H groups in total. The molecule has 0 atom stereocenters. The molecule has 9 heteroatoms. The van der Waals surface area contributed by atoms with Gasteiger partial charge in [-0.15, -0.1) is 0 Å². The zero-order valence-corrected chi connectivity index (χ0v) is 16.2.